The number of nitrogens with zero attached hydrogens (tertiary/aromatic N) is 1. The molecule has 150 valence electrons. The Morgan fingerprint density at radius 2 is 2.04 bits per heavy atom. The summed E-state index contributed by atoms with van der Waals surface area (Å²) in [5.74, 6) is 0.117. The molecule has 1 saturated heterocycles. The summed E-state index contributed by atoms with van der Waals surface area (Å²) in [6, 6.07) is 0.0110. The molecule has 0 aromatic rings. The van der Waals surface area contributed by atoms with E-state index in [0.717, 1.165) is 38.5 Å². The van der Waals surface area contributed by atoms with Crippen molar-refractivity contribution in [3.63, 3.8) is 0 Å². The molecule has 1 aliphatic heterocycles. The fraction of sp³-hybridized carbons (Fsp3) is 0.737. The van der Waals surface area contributed by atoms with Crippen LogP contribution in [0.3, 0.4) is 0 Å². The maximum absolute atomic E-state index is 12.2. The molecule has 1 aliphatic rings. The van der Waals surface area contributed by atoms with Crippen molar-refractivity contribution in [2.24, 2.45) is 0 Å². The Bertz CT molecular complexity index is 514. The van der Waals surface area contributed by atoms with Gasteiger partial charge >= 0.3 is 7.60 Å². The average Bonchev–Trinajstić information content (AvgIpc) is 2.57. The van der Waals surface area contributed by atoms with Gasteiger partial charge in [-0.2, -0.15) is 0 Å². The molecule has 1 rings (SSSR count). The Balaban J connectivity index is 2.46. The number of hydrogen-bond acceptors (Lipinski definition) is 3. The Morgan fingerprint density at radius 3 is 2.73 bits per heavy atom. The van der Waals surface area contributed by atoms with Crippen molar-refractivity contribution in [3.05, 3.63) is 24.3 Å². The molecule has 0 bridgehead atoms. The fourth-order valence-corrected chi connectivity index (χ4v) is 3.66. The van der Waals surface area contributed by atoms with Crippen LogP contribution in [-0.4, -0.2) is 50.6 Å². The van der Waals surface area contributed by atoms with Gasteiger partial charge in [-0.25, -0.2) is 0 Å². The van der Waals surface area contributed by atoms with Gasteiger partial charge in [-0.05, 0) is 32.1 Å². The smallest absolute Gasteiger partial charge is 0.325 e. The summed E-state index contributed by atoms with van der Waals surface area (Å²) in [5, 5.41) is 10.0. The fourth-order valence-electron chi connectivity index (χ4n) is 3.06. The predicted molar refractivity (Wildman–Crippen MR) is 104 cm³/mol. The van der Waals surface area contributed by atoms with Crippen LogP contribution in [-0.2, 0) is 9.36 Å². The Morgan fingerprint density at radius 1 is 1.27 bits per heavy atom. The van der Waals surface area contributed by atoms with Gasteiger partial charge in [-0.15, -0.1) is 0 Å². The van der Waals surface area contributed by atoms with Crippen molar-refractivity contribution in [2.75, 3.05) is 12.7 Å². The molecule has 26 heavy (non-hydrogen) atoms. The van der Waals surface area contributed by atoms with E-state index in [1.165, 1.54) is 0 Å². The Hall–Kier alpha value is -0.940. The summed E-state index contributed by atoms with van der Waals surface area (Å²) < 4.78 is 10.8. The number of aliphatic hydroxyl groups excluding tert-OH is 1. The number of unbranched alkanes of at least 4 members (excludes halogenated alkanes) is 3. The number of aliphatic hydroxyl groups is 1. The molecule has 1 fully saturated rings. The van der Waals surface area contributed by atoms with Crippen LogP contribution in [0.25, 0.3) is 0 Å². The summed E-state index contributed by atoms with van der Waals surface area (Å²) in [7, 11) is -3.92. The first-order valence-corrected chi connectivity index (χ1v) is 11.5. The van der Waals surface area contributed by atoms with E-state index in [9.17, 15) is 14.5 Å². The topological polar surface area (TPSA) is 98.1 Å². The number of likely N-dealkylation sites (tertiary alicyclic amines) is 1. The highest BCUT2D eigenvalue weighted by molar-refractivity contribution is 7.51. The van der Waals surface area contributed by atoms with Gasteiger partial charge in [0.1, 0.15) is 0 Å². The molecule has 1 amide bonds. The van der Waals surface area contributed by atoms with Gasteiger partial charge in [0, 0.05) is 13.0 Å². The minimum atomic E-state index is -3.92. The Kier molecular flexibility index (Phi) is 11.1. The van der Waals surface area contributed by atoms with Gasteiger partial charge < -0.3 is 19.8 Å². The average molecular weight is 387 g/mol. The van der Waals surface area contributed by atoms with E-state index in [-0.39, 0.29) is 18.1 Å². The summed E-state index contributed by atoms with van der Waals surface area (Å²) in [4.78, 5) is 31.7. The standard InChI is InChI=1S/C19H34NO5P/c1-2-3-6-11-18(21)14-13-17-10-9-12-19(22)20(17)15-7-4-5-8-16-26(23,24)25/h4,7,13-14,17-18,21H,2-3,5-6,8-12,15-16H2,1H3,(H2,23,24,25)/b7-4-,14-13+/t17-,18?/m1/s1. The molecular weight excluding hydrogens is 353 g/mol. The lowest BCUT2D eigenvalue weighted by Crippen LogP contribution is -2.42. The second kappa shape index (κ2) is 12.4. The molecule has 0 aromatic heterocycles. The van der Waals surface area contributed by atoms with E-state index in [4.69, 9.17) is 9.79 Å². The van der Waals surface area contributed by atoms with Crippen molar-refractivity contribution in [1.29, 1.82) is 0 Å². The first-order valence-electron chi connectivity index (χ1n) is 9.69. The number of hydrogen-bond donors (Lipinski definition) is 3. The lowest BCUT2D eigenvalue weighted by molar-refractivity contribution is -0.134. The third-order valence-corrected chi connectivity index (χ3v) is 5.46. The van der Waals surface area contributed by atoms with Crippen molar-refractivity contribution in [2.45, 2.75) is 76.9 Å². The van der Waals surface area contributed by atoms with Gasteiger partial charge in [0.2, 0.25) is 5.91 Å². The quantitative estimate of drug-likeness (QED) is 0.271. The first-order chi connectivity index (χ1) is 12.3. The van der Waals surface area contributed by atoms with Crippen molar-refractivity contribution in [1.82, 2.24) is 4.90 Å². The van der Waals surface area contributed by atoms with E-state index in [1.807, 2.05) is 29.2 Å². The third kappa shape index (κ3) is 10.3. The predicted octanol–water partition coefficient (Wildman–Crippen LogP) is 3.38. The molecule has 0 spiro atoms. The van der Waals surface area contributed by atoms with Gasteiger partial charge in [-0.3, -0.25) is 9.36 Å². The molecular formula is C19H34NO5P. The van der Waals surface area contributed by atoms with Crippen LogP contribution in [0.2, 0.25) is 0 Å². The van der Waals surface area contributed by atoms with Crippen LogP contribution in [0.15, 0.2) is 24.3 Å². The first kappa shape index (κ1) is 23.1. The van der Waals surface area contributed by atoms with Crippen molar-refractivity contribution >= 4 is 13.5 Å². The normalized spacial score (nSPS) is 20.4. The van der Waals surface area contributed by atoms with Crippen molar-refractivity contribution < 1.29 is 24.3 Å². The number of piperidine rings is 1. The van der Waals surface area contributed by atoms with Crippen LogP contribution >= 0.6 is 7.60 Å². The molecule has 0 saturated carbocycles. The number of rotatable bonds is 12. The molecule has 3 N–H and O–H groups in total. The maximum atomic E-state index is 12.2. The number of carbonyl (C=O) groups is 1. The van der Waals surface area contributed by atoms with Gasteiger partial charge in [-0.1, -0.05) is 50.5 Å². The Labute approximate surface area is 157 Å². The van der Waals surface area contributed by atoms with Crippen LogP contribution in [0.5, 0.6) is 0 Å². The molecule has 6 nitrogen and oxygen atoms in total. The summed E-state index contributed by atoms with van der Waals surface area (Å²) in [5.41, 5.74) is 0. The number of allylic oxidation sites excluding steroid dienone is 1. The van der Waals surface area contributed by atoms with Gasteiger partial charge in [0.05, 0.1) is 18.3 Å². The minimum Gasteiger partial charge on any atom is -0.389 e. The highest BCUT2D eigenvalue weighted by Crippen LogP contribution is 2.35. The number of carbonyl (C=O) groups excluding carboxylic acids is 1. The molecule has 1 heterocycles. The largest absolute Gasteiger partial charge is 0.389 e. The molecule has 0 aliphatic carbocycles. The second-order valence-electron chi connectivity index (χ2n) is 6.96. The van der Waals surface area contributed by atoms with Crippen molar-refractivity contribution in [3.8, 4) is 0 Å². The van der Waals surface area contributed by atoms with Crippen LogP contribution in [0, 0.1) is 0 Å². The monoisotopic (exact) mass is 387 g/mol. The zero-order valence-corrected chi connectivity index (χ0v) is 16.7. The molecule has 2 atom stereocenters. The molecule has 0 aromatic carbocycles. The van der Waals surface area contributed by atoms with E-state index >= 15 is 0 Å². The second-order valence-corrected chi connectivity index (χ2v) is 8.73. The van der Waals surface area contributed by atoms with Crippen LogP contribution in [0.4, 0.5) is 0 Å². The molecule has 7 heteroatoms. The summed E-state index contributed by atoms with van der Waals surface area (Å²) >= 11 is 0. The summed E-state index contributed by atoms with van der Waals surface area (Å²) in [6.45, 7) is 2.63. The van der Waals surface area contributed by atoms with Gasteiger partial charge in [0.25, 0.3) is 0 Å². The summed E-state index contributed by atoms with van der Waals surface area (Å²) in [6.07, 6.45) is 14.3. The van der Waals surface area contributed by atoms with E-state index in [2.05, 4.69) is 6.92 Å². The highest BCUT2D eigenvalue weighted by atomic mass is 31.2. The lowest BCUT2D eigenvalue weighted by Gasteiger charge is -2.33. The van der Waals surface area contributed by atoms with Gasteiger partial charge in [0.15, 0.2) is 0 Å². The number of amides is 1. The van der Waals surface area contributed by atoms with E-state index in [1.54, 1.807) is 0 Å². The van der Waals surface area contributed by atoms with E-state index in [0.29, 0.717) is 25.8 Å². The third-order valence-electron chi connectivity index (χ3n) is 4.56. The van der Waals surface area contributed by atoms with Crippen LogP contribution in [0.1, 0.15) is 64.7 Å². The zero-order valence-electron chi connectivity index (χ0n) is 15.8. The molecule has 0 radical (unpaired) electrons. The molecule has 1 unspecified atom stereocenters. The minimum absolute atomic E-state index is 0.0110. The highest BCUT2D eigenvalue weighted by Gasteiger charge is 2.25. The van der Waals surface area contributed by atoms with E-state index < -0.39 is 13.7 Å². The zero-order chi connectivity index (χ0) is 19.4. The SMILES string of the molecule is CCCCCC(O)/C=C/[C@H]1CCCC(=O)N1C/C=C\CCCP(=O)(O)O. The maximum Gasteiger partial charge on any atom is 0.325 e. The van der Waals surface area contributed by atoms with Crippen LogP contribution < -0.4 is 0 Å². The lowest BCUT2D eigenvalue weighted by atomic mass is 10.00.